The summed E-state index contributed by atoms with van der Waals surface area (Å²) in [7, 11) is 0. The van der Waals surface area contributed by atoms with E-state index in [9.17, 15) is 15.0 Å². The lowest BCUT2D eigenvalue weighted by molar-refractivity contribution is -0.178. The first kappa shape index (κ1) is 23.1. The molecule has 3 aromatic carbocycles. The Morgan fingerprint density at radius 2 is 1.33 bits per heavy atom. The first-order valence-electron chi connectivity index (χ1n) is 11.0. The molecule has 0 amide bonds. The quantitative estimate of drug-likeness (QED) is 0.462. The zero-order valence-electron chi connectivity index (χ0n) is 18.2. The number of hydrogen-bond donors (Lipinski definition) is 2. The van der Waals surface area contributed by atoms with Crippen molar-refractivity contribution in [1.29, 1.82) is 0 Å². The van der Waals surface area contributed by atoms with Gasteiger partial charge in [0.15, 0.2) is 6.10 Å². The molecular weight excluding hydrogens is 420 g/mol. The standard InChI is InChI=1S/C27H28O6/c28-22-16-23(29)33-26(22)27(32-18-20-12-6-2-7-13-20)24(30)25(21-14-8-3-9-15-21)31-17-19-10-4-1-5-11-19/h1-15,22,24-28,30H,16-18H2/t22-,24+,25+,26-,27-/m0/s1. The molecule has 1 aliphatic rings. The third-order valence-electron chi connectivity index (χ3n) is 5.68. The van der Waals surface area contributed by atoms with Gasteiger partial charge in [0.05, 0.1) is 19.6 Å². The van der Waals surface area contributed by atoms with Crippen molar-refractivity contribution < 1.29 is 29.2 Å². The van der Waals surface area contributed by atoms with E-state index in [0.29, 0.717) is 0 Å². The van der Waals surface area contributed by atoms with Crippen LogP contribution in [0.4, 0.5) is 0 Å². The van der Waals surface area contributed by atoms with Crippen LogP contribution in [0.3, 0.4) is 0 Å². The Balaban J connectivity index is 1.59. The summed E-state index contributed by atoms with van der Waals surface area (Å²) in [5.74, 6) is -0.519. The highest BCUT2D eigenvalue weighted by atomic mass is 16.6. The van der Waals surface area contributed by atoms with Crippen LogP contribution in [0, 0.1) is 0 Å². The van der Waals surface area contributed by atoms with Crippen LogP contribution in [-0.4, -0.2) is 40.6 Å². The summed E-state index contributed by atoms with van der Waals surface area (Å²) in [6.07, 6.45) is -5.17. The van der Waals surface area contributed by atoms with Crippen molar-refractivity contribution in [3.8, 4) is 0 Å². The number of aliphatic hydroxyl groups excluding tert-OH is 2. The topological polar surface area (TPSA) is 85.2 Å². The number of hydrogen-bond acceptors (Lipinski definition) is 6. The molecule has 33 heavy (non-hydrogen) atoms. The van der Waals surface area contributed by atoms with Crippen LogP contribution in [0.25, 0.3) is 0 Å². The maximum atomic E-state index is 11.9. The minimum atomic E-state index is -1.20. The Labute approximate surface area is 193 Å². The van der Waals surface area contributed by atoms with Crippen molar-refractivity contribution in [3.05, 3.63) is 108 Å². The van der Waals surface area contributed by atoms with E-state index >= 15 is 0 Å². The SMILES string of the molecule is O=C1C[C@H](O)[C@@H]([C@@H](OCc2ccccc2)[C@H](O)[C@H](OCc2ccccc2)c2ccccc2)O1. The van der Waals surface area contributed by atoms with Crippen LogP contribution in [0.1, 0.15) is 29.2 Å². The fourth-order valence-electron chi connectivity index (χ4n) is 3.97. The molecule has 1 saturated heterocycles. The number of rotatable bonds is 10. The van der Waals surface area contributed by atoms with Gasteiger partial charge in [-0.1, -0.05) is 91.0 Å². The molecule has 0 bridgehead atoms. The van der Waals surface area contributed by atoms with E-state index < -0.39 is 36.5 Å². The lowest BCUT2D eigenvalue weighted by Gasteiger charge is -2.34. The third-order valence-corrected chi connectivity index (χ3v) is 5.68. The Morgan fingerprint density at radius 1 is 0.818 bits per heavy atom. The normalized spacial score (nSPS) is 20.7. The summed E-state index contributed by atoms with van der Waals surface area (Å²) in [5, 5.41) is 21.9. The number of benzene rings is 3. The van der Waals surface area contributed by atoms with Gasteiger partial charge in [-0.25, -0.2) is 0 Å². The first-order chi connectivity index (χ1) is 16.1. The van der Waals surface area contributed by atoms with Gasteiger partial charge in [0.1, 0.15) is 24.4 Å². The average molecular weight is 449 g/mol. The molecular formula is C27H28O6. The van der Waals surface area contributed by atoms with Crippen molar-refractivity contribution in [1.82, 2.24) is 0 Å². The molecule has 0 aromatic heterocycles. The zero-order chi connectivity index (χ0) is 23.0. The lowest BCUT2D eigenvalue weighted by atomic mass is 9.94. The van der Waals surface area contributed by atoms with E-state index in [4.69, 9.17) is 14.2 Å². The maximum absolute atomic E-state index is 11.9. The fourth-order valence-corrected chi connectivity index (χ4v) is 3.97. The second kappa shape index (κ2) is 11.2. The van der Waals surface area contributed by atoms with Crippen molar-refractivity contribution in [2.75, 3.05) is 0 Å². The molecule has 0 spiro atoms. The van der Waals surface area contributed by atoms with Gasteiger partial charge in [-0.15, -0.1) is 0 Å². The number of carbonyl (C=O) groups excluding carboxylic acids is 1. The van der Waals surface area contributed by atoms with Gasteiger partial charge < -0.3 is 24.4 Å². The summed E-state index contributed by atoms with van der Waals surface area (Å²) in [6, 6.07) is 28.5. The molecule has 5 atom stereocenters. The first-order valence-corrected chi connectivity index (χ1v) is 11.0. The predicted molar refractivity (Wildman–Crippen MR) is 122 cm³/mol. The molecule has 172 valence electrons. The molecule has 4 rings (SSSR count). The van der Waals surface area contributed by atoms with E-state index in [-0.39, 0.29) is 19.6 Å². The zero-order valence-corrected chi connectivity index (χ0v) is 18.2. The lowest BCUT2D eigenvalue weighted by Crippen LogP contribution is -2.47. The highest BCUT2D eigenvalue weighted by Gasteiger charge is 2.45. The Hall–Kier alpha value is -3.03. The molecule has 0 saturated carbocycles. The molecule has 3 aromatic rings. The Bertz CT molecular complexity index is 995. The molecule has 6 heteroatoms. The van der Waals surface area contributed by atoms with E-state index in [1.165, 1.54) is 0 Å². The smallest absolute Gasteiger partial charge is 0.309 e. The van der Waals surface area contributed by atoms with Crippen LogP contribution in [0.5, 0.6) is 0 Å². The van der Waals surface area contributed by atoms with Crippen LogP contribution >= 0.6 is 0 Å². The largest absolute Gasteiger partial charge is 0.457 e. The van der Waals surface area contributed by atoms with E-state index in [0.717, 1.165) is 16.7 Å². The second-order valence-electron chi connectivity index (χ2n) is 8.11. The van der Waals surface area contributed by atoms with Gasteiger partial charge in [0, 0.05) is 0 Å². The number of cyclic esters (lactones) is 1. The van der Waals surface area contributed by atoms with Crippen molar-refractivity contribution in [3.63, 3.8) is 0 Å². The fraction of sp³-hybridized carbons (Fsp3) is 0.296. The van der Waals surface area contributed by atoms with Crippen LogP contribution in [-0.2, 0) is 32.2 Å². The van der Waals surface area contributed by atoms with Crippen LogP contribution < -0.4 is 0 Å². The van der Waals surface area contributed by atoms with E-state index in [1.54, 1.807) is 0 Å². The number of aliphatic hydroxyl groups is 2. The van der Waals surface area contributed by atoms with Crippen molar-refractivity contribution in [2.24, 2.45) is 0 Å². The Morgan fingerprint density at radius 3 is 1.85 bits per heavy atom. The summed E-state index contributed by atoms with van der Waals surface area (Å²) < 4.78 is 17.6. The highest BCUT2D eigenvalue weighted by molar-refractivity contribution is 5.72. The van der Waals surface area contributed by atoms with Crippen molar-refractivity contribution >= 4 is 5.97 Å². The third kappa shape index (κ3) is 6.06. The van der Waals surface area contributed by atoms with Gasteiger partial charge in [0.25, 0.3) is 0 Å². The van der Waals surface area contributed by atoms with E-state index in [1.807, 2.05) is 91.0 Å². The summed E-state index contributed by atoms with van der Waals surface area (Å²) in [5.41, 5.74) is 2.61. The number of carbonyl (C=O) groups is 1. The van der Waals surface area contributed by atoms with Crippen LogP contribution in [0.2, 0.25) is 0 Å². The number of esters is 1. The molecule has 2 N–H and O–H groups in total. The summed E-state index contributed by atoms with van der Waals surface area (Å²) in [4.78, 5) is 11.9. The predicted octanol–water partition coefficient (Wildman–Crippen LogP) is 3.57. The molecule has 1 aliphatic heterocycles. The number of ether oxygens (including phenoxy) is 3. The van der Waals surface area contributed by atoms with Crippen molar-refractivity contribution in [2.45, 2.75) is 50.2 Å². The van der Waals surface area contributed by atoms with E-state index in [2.05, 4.69) is 0 Å². The van der Waals surface area contributed by atoms with Gasteiger partial charge >= 0.3 is 5.97 Å². The van der Waals surface area contributed by atoms with Crippen LogP contribution in [0.15, 0.2) is 91.0 Å². The minimum absolute atomic E-state index is 0.135. The molecule has 1 heterocycles. The molecule has 6 nitrogen and oxygen atoms in total. The van der Waals surface area contributed by atoms with Gasteiger partial charge in [-0.3, -0.25) is 4.79 Å². The summed E-state index contributed by atoms with van der Waals surface area (Å²) >= 11 is 0. The molecule has 0 unspecified atom stereocenters. The molecule has 0 radical (unpaired) electrons. The summed E-state index contributed by atoms with van der Waals surface area (Å²) in [6.45, 7) is 0.458. The average Bonchev–Trinajstić information content (AvgIpc) is 3.19. The van der Waals surface area contributed by atoms with Gasteiger partial charge in [-0.2, -0.15) is 0 Å². The van der Waals surface area contributed by atoms with Gasteiger partial charge in [0.2, 0.25) is 0 Å². The highest BCUT2D eigenvalue weighted by Crippen LogP contribution is 2.31. The van der Waals surface area contributed by atoms with Gasteiger partial charge in [-0.05, 0) is 16.7 Å². The maximum Gasteiger partial charge on any atom is 0.309 e. The minimum Gasteiger partial charge on any atom is -0.457 e. The molecule has 0 aliphatic carbocycles. The monoisotopic (exact) mass is 448 g/mol. The molecule has 1 fully saturated rings. The Kier molecular flexibility index (Phi) is 7.86. The second-order valence-corrected chi connectivity index (χ2v) is 8.11.